The Balaban J connectivity index is 1.89. The van der Waals surface area contributed by atoms with Crippen LogP contribution in [-0.4, -0.2) is 41.8 Å². The molecule has 0 aliphatic carbocycles. The zero-order valence-corrected chi connectivity index (χ0v) is 15.1. The van der Waals surface area contributed by atoms with E-state index in [1.54, 1.807) is 12.3 Å². The summed E-state index contributed by atoms with van der Waals surface area (Å²) >= 11 is 6.16. The van der Waals surface area contributed by atoms with Crippen LogP contribution in [0.25, 0.3) is 10.9 Å². The average Bonchev–Trinajstić information content (AvgIpc) is 3.06. The van der Waals surface area contributed by atoms with Crippen LogP contribution in [0, 0.1) is 0 Å². The number of nitrogens with one attached hydrogen (secondary N) is 2. The molecule has 0 aliphatic heterocycles. The van der Waals surface area contributed by atoms with Gasteiger partial charge in [-0.3, -0.25) is 9.89 Å². The lowest BCUT2D eigenvalue weighted by Crippen LogP contribution is -2.26. The number of halogens is 1. The Labute approximate surface area is 151 Å². The van der Waals surface area contributed by atoms with Gasteiger partial charge in [0.15, 0.2) is 11.5 Å². The number of carbonyl (C=O) groups is 2. The molecule has 1 amide bonds. The van der Waals surface area contributed by atoms with Gasteiger partial charge in [-0.1, -0.05) is 24.9 Å². The molecule has 0 atom stereocenters. The molecule has 0 fully saturated rings. The largest absolute Gasteiger partial charge is 0.490 e. The molecule has 25 heavy (non-hydrogen) atoms. The summed E-state index contributed by atoms with van der Waals surface area (Å²) in [4.78, 5) is 23.3. The van der Waals surface area contributed by atoms with E-state index in [4.69, 9.17) is 21.1 Å². The molecular formula is C17H22ClN3O4. The summed E-state index contributed by atoms with van der Waals surface area (Å²) in [6.45, 7) is 4.64. The summed E-state index contributed by atoms with van der Waals surface area (Å²) in [6.07, 6.45) is 3.55. The van der Waals surface area contributed by atoms with Crippen molar-refractivity contribution in [3.05, 3.63) is 22.8 Å². The summed E-state index contributed by atoms with van der Waals surface area (Å²) in [6, 6.07) is 1.58. The molecule has 0 saturated carbocycles. The van der Waals surface area contributed by atoms with Crippen molar-refractivity contribution >= 4 is 34.4 Å². The molecule has 1 aromatic carbocycles. The first-order chi connectivity index (χ1) is 12.0. The van der Waals surface area contributed by atoms with E-state index in [0.717, 1.165) is 12.8 Å². The van der Waals surface area contributed by atoms with Crippen molar-refractivity contribution in [3.63, 3.8) is 0 Å². The van der Waals surface area contributed by atoms with Crippen molar-refractivity contribution in [1.29, 1.82) is 0 Å². The monoisotopic (exact) mass is 367 g/mol. The Kier molecular flexibility index (Phi) is 7.06. The molecule has 1 aromatic heterocycles. The second-order valence-electron chi connectivity index (χ2n) is 5.57. The molecule has 0 saturated heterocycles. The van der Waals surface area contributed by atoms with Gasteiger partial charge in [-0.2, -0.15) is 5.10 Å². The molecule has 2 aromatic rings. The number of amides is 1. The summed E-state index contributed by atoms with van der Waals surface area (Å²) < 4.78 is 10.8. The highest BCUT2D eigenvalue weighted by Crippen LogP contribution is 2.34. The third kappa shape index (κ3) is 5.09. The molecule has 0 unspecified atom stereocenters. The van der Waals surface area contributed by atoms with E-state index in [-0.39, 0.29) is 5.78 Å². The first-order valence-electron chi connectivity index (χ1n) is 8.24. The molecule has 136 valence electrons. The number of fused-ring (bicyclic) bond motifs is 1. The number of aromatic nitrogens is 2. The maximum Gasteiger partial charge on any atom is 0.407 e. The highest BCUT2D eigenvalue weighted by atomic mass is 35.5. The fraction of sp³-hybridized carbons (Fsp3) is 0.471. The van der Waals surface area contributed by atoms with Crippen molar-refractivity contribution in [3.8, 4) is 5.75 Å². The quantitative estimate of drug-likeness (QED) is 0.520. The standard InChI is InChI=1S/C17H22ClN3O4/c1-3-4-7-25-17(23)19-6-5-8-24-16-12(11(2)22)9-14(18)13-10-20-21-15(13)16/h9-10H,3-8H2,1-2H3,(H,19,23)(H,20,21). The topological polar surface area (TPSA) is 93.3 Å². The van der Waals surface area contributed by atoms with Gasteiger partial charge >= 0.3 is 6.09 Å². The van der Waals surface area contributed by atoms with Crippen LogP contribution in [0.2, 0.25) is 5.02 Å². The number of benzene rings is 1. The van der Waals surface area contributed by atoms with E-state index < -0.39 is 6.09 Å². The fourth-order valence-corrected chi connectivity index (χ4v) is 2.51. The fourth-order valence-electron chi connectivity index (χ4n) is 2.25. The van der Waals surface area contributed by atoms with Crippen LogP contribution in [0.1, 0.15) is 43.5 Å². The van der Waals surface area contributed by atoms with Gasteiger partial charge in [-0.05, 0) is 25.8 Å². The Hall–Kier alpha value is -2.28. The summed E-state index contributed by atoms with van der Waals surface area (Å²) in [7, 11) is 0. The van der Waals surface area contributed by atoms with Gasteiger partial charge in [0.2, 0.25) is 0 Å². The van der Waals surface area contributed by atoms with E-state index in [2.05, 4.69) is 15.5 Å². The van der Waals surface area contributed by atoms with Gasteiger partial charge in [-0.25, -0.2) is 4.79 Å². The first-order valence-corrected chi connectivity index (χ1v) is 8.62. The number of rotatable bonds is 9. The minimum Gasteiger partial charge on any atom is -0.490 e. The molecule has 2 N–H and O–H groups in total. The van der Waals surface area contributed by atoms with Crippen molar-refractivity contribution < 1.29 is 19.1 Å². The molecule has 0 aliphatic rings. The number of ketones is 1. The number of H-pyrrole nitrogens is 1. The molecule has 0 spiro atoms. The predicted molar refractivity (Wildman–Crippen MR) is 95.5 cm³/mol. The number of hydrogen-bond donors (Lipinski definition) is 2. The maximum atomic E-state index is 11.8. The number of nitrogens with zero attached hydrogens (tertiary/aromatic N) is 1. The van der Waals surface area contributed by atoms with Crippen LogP contribution in [0.4, 0.5) is 4.79 Å². The number of carbonyl (C=O) groups excluding carboxylic acids is 2. The zero-order chi connectivity index (χ0) is 18.2. The maximum absolute atomic E-state index is 11.8. The Morgan fingerprint density at radius 2 is 2.12 bits per heavy atom. The Bertz CT molecular complexity index is 745. The van der Waals surface area contributed by atoms with Gasteiger partial charge < -0.3 is 14.8 Å². The molecule has 8 heteroatoms. The van der Waals surface area contributed by atoms with Crippen molar-refractivity contribution in [2.75, 3.05) is 19.8 Å². The molecule has 0 radical (unpaired) electrons. The highest BCUT2D eigenvalue weighted by molar-refractivity contribution is 6.36. The number of unbranched alkanes of at least 4 members (excludes halogenated alkanes) is 1. The van der Waals surface area contributed by atoms with Crippen LogP contribution in [0.15, 0.2) is 12.3 Å². The van der Waals surface area contributed by atoms with Gasteiger partial charge in [0.25, 0.3) is 0 Å². The van der Waals surface area contributed by atoms with Gasteiger partial charge in [0.1, 0.15) is 5.52 Å². The van der Waals surface area contributed by atoms with E-state index in [0.29, 0.717) is 53.4 Å². The molecule has 7 nitrogen and oxygen atoms in total. The lowest BCUT2D eigenvalue weighted by molar-refractivity contribution is 0.101. The summed E-state index contributed by atoms with van der Waals surface area (Å²) in [5, 5.41) is 10.6. The molecule has 2 rings (SSSR count). The van der Waals surface area contributed by atoms with Gasteiger partial charge in [-0.15, -0.1) is 0 Å². The van der Waals surface area contributed by atoms with Crippen LogP contribution in [0.5, 0.6) is 5.75 Å². The lowest BCUT2D eigenvalue weighted by atomic mass is 10.1. The molecular weight excluding hydrogens is 346 g/mol. The van der Waals surface area contributed by atoms with Crippen molar-refractivity contribution in [1.82, 2.24) is 15.5 Å². The average molecular weight is 368 g/mol. The SMILES string of the molecule is CCCCOC(=O)NCCCOc1c(C(C)=O)cc(Cl)c2cn[nH]c12. The van der Waals surface area contributed by atoms with E-state index in [1.165, 1.54) is 6.92 Å². The summed E-state index contributed by atoms with van der Waals surface area (Å²) in [5.41, 5.74) is 0.985. The van der Waals surface area contributed by atoms with Gasteiger partial charge in [0, 0.05) is 11.9 Å². The minimum atomic E-state index is -0.430. The van der Waals surface area contributed by atoms with Crippen LogP contribution >= 0.6 is 11.6 Å². The lowest BCUT2D eigenvalue weighted by Gasteiger charge is -2.12. The number of ether oxygens (including phenoxy) is 2. The van der Waals surface area contributed by atoms with Crippen molar-refractivity contribution in [2.24, 2.45) is 0 Å². The second-order valence-corrected chi connectivity index (χ2v) is 5.98. The predicted octanol–water partition coefficient (Wildman–Crippen LogP) is 3.71. The number of alkyl carbamates (subject to hydrolysis) is 1. The summed E-state index contributed by atoms with van der Waals surface area (Å²) in [5.74, 6) is 0.279. The minimum absolute atomic E-state index is 0.147. The number of aromatic amines is 1. The first kappa shape index (κ1) is 19.1. The normalized spacial score (nSPS) is 10.7. The zero-order valence-electron chi connectivity index (χ0n) is 14.4. The third-order valence-electron chi connectivity index (χ3n) is 3.59. The van der Waals surface area contributed by atoms with Gasteiger partial charge in [0.05, 0.1) is 30.0 Å². The van der Waals surface area contributed by atoms with Crippen molar-refractivity contribution in [2.45, 2.75) is 33.1 Å². The Morgan fingerprint density at radius 3 is 2.84 bits per heavy atom. The molecule has 0 bridgehead atoms. The van der Waals surface area contributed by atoms with Crippen LogP contribution in [0.3, 0.4) is 0 Å². The van der Waals surface area contributed by atoms with E-state index in [9.17, 15) is 9.59 Å². The number of Topliss-reactive ketones (excluding diaryl/α,β-unsaturated/α-hetero) is 1. The van der Waals surface area contributed by atoms with E-state index in [1.807, 2.05) is 6.92 Å². The smallest absolute Gasteiger partial charge is 0.407 e. The third-order valence-corrected chi connectivity index (χ3v) is 3.90. The van der Waals surface area contributed by atoms with E-state index >= 15 is 0 Å². The van der Waals surface area contributed by atoms with Crippen LogP contribution < -0.4 is 10.1 Å². The highest BCUT2D eigenvalue weighted by Gasteiger charge is 2.17. The second kappa shape index (κ2) is 9.27. The number of hydrogen-bond acceptors (Lipinski definition) is 5. The van der Waals surface area contributed by atoms with Crippen LogP contribution in [-0.2, 0) is 4.74 Å². The Morgan fingerprint density at radius 1 is 1.32 bits per heavy atom. The molecule has 1 heterocycles.